The molecule has 0 bridgehead atoms. The minimum absolute atomic E-state index is 0. The van der Waals surface area contributed by atoms with Gasteiger partial charge in [0.2, 0.25) is 5.91 Å². The number of hydrogen-bond donors (Lipinski definition) is 2. The Labute approximate surface area is 122 Å². The number of sulfone groups is 1. The molecule has 2 N–H and O–H groups in total. The van der Waals surface area contributed by atoms with Crippen LogP contribution in [0.5, 0.6) is 0 Å². The molecule has 1 fully saturated rings. The summed E-state index contributed by atoms with van der Waals surface area (Å²) < 4.78 is 22.2. The zero-order valence-corrected chi connectivity index (χ0v) is 13.5. The number of carbonyl (C=O) groups excluding carboxylic acids is 1. The molecule has 7 heteroatoms. The minimum atomic E-state index is -2.98. The van der Waals surface area contributed by atoms with Gasteiger partial charge in [-0.15, -0.1) is 12.4 Å². The standard InChI is InChI=1S/C12H24N2O3S.ClH/c1-12(2,6-8-18(3,16)17)14-11(15)9-10-5-4-7-13-10;/h10,13H,4-9H2,1-3H3,(H,14,15);1H. The maximum atomic E-state index is 11.8. The highest BCUT2D eigenvalue weighted by molar-refractivity contribution is 7.90. The summed E-state index contributed by atoms with van der Waals surface area (Å²) in [7, 11) is -2.98. The summed E-state index contributed by atoms with van der Waals surface area (Å²) in [6, 6.07) is 0.274. The minimum Gasteiger partial charge on any atom is -0.351 e. The topological polar surface area (TPSA) is 75.3 Å². The van der Waals surface area contributed by atoms with E-state index in [0.29, 0.717) is 12.8 Å². The Morgan fingerprint density at radius 2 is 2.05 bits per heavy atom. The van der Waals surface area contributed by atoms with E-state index in [1.807, 2.05) is 13.8 Å². The molecule has 1 saturated heterocycles. The largest absolute Gasteiger partial charge is 0.351 e. The van der Waals surface area contributed by atoms with E-state index in [-0.39, 0.29) is 30.1 Å². The quantitative estimate of drug-likeness (QED) is 0.763. The average Bonchev–Trinajstić information content (AvgIpc) is 2.65. The molecule has 0 radical (unpaired) electrons. The third-order valence-corrected chi connectivity index (χ3v) is 4.12. The Hall–Kier alpha value is -0.330. The average molecular weight is 313 g/mol. The van der Waals surface area contributed by atoms with Gasteiger partial charge in [0.1, 0.15) is 9.84 Å². The molecule has 0 aromatic carbocycles. The van der Waals surface area contributed by atoms with Crippen molar-refractivity contribution in [3.05, 3.63) is 0 Å². The van der Waals surface area contributed by atoms with Gasteiger partial charge in [0.25, 0.3) is 0 Å². The molecule has 114 valence electrons. The predicted octanol–water partition coefficient (Wildman–Crippen LogP) is 0.880. The highest BCUT2D eigenvalue weighted by atomic mass is 35.5. The van der Waals surface area contributed by atoms with Crippen molar-refractivity contribution < 1.29 is 13.2 Å². The van der Waals surface area contributed by atoms with Gasteiger partial charge >= 0.3 is 0 Å². The van der Waals surface area contributed by atoms with Crippen LogP contribution < -0.4 is 10.6 Å². The van der Waals surface area contributed by atoms with E-state index < -0.39 is 15.4 Å². The predicted molar refractivity (Wildman–Crippen MR) is 79.4 cm³/mol. The molecule has 0 saturated carbocycles. The van der Waals surface area contributed by atoms with Crippen LogP contribution in [0.25, 0.3) is 0 Å². The fourth-order valence-electron chi connectivity index (χ4n) is 2.09. The monoisotopic (exact) mass is 312 g/mol. The lowest BCUT2D eigenvalue weighted by molar-refractivity contribution is -0.123. The molecular formula is C12H25ClN2O3S. The molecule has 1 heterocycles. The van der Waals surface area contributed by atoms with E-state index in [2.05, 4.69) is 10.6 Å². The summed E-state index contributed by atoms with van der Waals surface area (Å²) >= 11 is 0. The third kappa shape index (κ3) is 8.44. The molecular weight excluding hydrogens is 288 g/mol. The van der Waals surface area contributed by atoms with Gasteiger partial charge in [0, 0.05) is 24.3 Å². The van der Waals surface area contributed by atoms with Crippen LogP contribution in [0.15, 0.2) is 0 Å². The van der Waals surface area contributed by atoms with Crippen LogP contribution in [0.4, 0.5) is 0 Å². The molecule has 1 amide bonds. The second-order valence-electron chi connectivity index (χ2n) is 5.81. The molecule has 1 aliphatic heterocycles. The zero-order valence-electron chi connectivity index (χ0n) is 11.9. The van der Waals surface area contributed by atoms with Gasteiger partial charge in [-0.05, 0) is 39.7 Å². The van der Waals surface area contributed by atoms with Crippen molar-refractivity contribution in [3.8, 4) is 0 Å². The summed E-state index contributed by atoms with van der Waals surface area (Å²) in [5.41, 5.74) is -0.473. The zero-order chi connectivity index (χ0) is 13.8. The lowest BCUT2D eigenvalue weighted by atomic mass is 10.0. The fraction of sp³-hybridized carbons (Fsp3) is 0.917. The molecule has 0 aromatic heterocycles. The van der Waals surface area contributed by atoms with Crippen molar-refractivity contribution in [1.82, 2.24) is 10.6 Å². The lowest BCUT2D eigenvalue weighted by Crippen LogP contribution is -2.46. The molecule has 0 aliphatic carbocycles. The van der Waals surface area contributed by atoms with Crippen LogP contribution in [-0.2, 0) is 14.6 Å². The van der Waals surface area contributed by atoms with Crippen LogP contribution in [0, 0.1) is 0 Å². The maximum Gasteiger partial charge on any atom is 0.221 e. The third-order valence-electron chi connectivity index (χ3n) is 3.17. The summed E-state index contributed by atoms with van der Waals surface area (Å²) in [5, 5.41) is 6.19. The van der Waals surface area contributed by atoms with Crippen LogP contribution >= 0.6 is 12.4 Å². The molecule has 1 rings (SSSR count). The van der Waals surface area contributed by atoms with Crippen LogP contribution in [0.3, 0.4) is 0 Å². The molecule has 1 unspecified atom stereocenters. The normalized spacial score (nSPS) is 19.8. The Balaban J connectivity index is 0.00000324. The highest BCUT2D eigenvalue weighted by Crippen LogP contribution is 2.13. The maximum absolute atomic E-state index is 11.8. The van der Waals surface area contributed by atoms with Gasteiger partial charge in [0.15, 0.2) is 0 Å². The summed E-state index contributed by atoms with van der Waals surface area (Å²) in [6.07, 6.45) is 4.29. The first-order valence-corrected chi connectivity index (χ1v) is 8.46. The van der Waals surface area contributed by atoms with E-state index in [4.69, 9.17) is 0 Å². The van der Waals surface area contributed by atoms with Crippen molar-refractivity contribution in [2.45, 2.75) is 51.1 Å². The van der Waals surface area contributed by atoms with Crippen molar-refractivity contribution in [1.29, 1.82) is 0 Å². The van der Waals surface area contributed by atoms with Gasteiger partial charge < -0.3 is 10.6 Å². The van der Waals surface area contributed by atoms with E-state index >= 15 is 0 Å². The Morgan fingerprint density at radius 1 is 1.42 bits per heavy atom. The fourth-order valence-corrected chi connectivity index (χ4v) is 2.97. The molecule has 0 spiro atoms. The molecule has 1 aliphatic rings. The summed E-state index contributed by atoms with van der Waals surface area (Å²) in [6.45, 7) is 4.70. The number of carbonyl (C=O) groups is 1. The van der Waals surface area contributed by atoms with E-state index in [0.717, 1.165) is 19.4 Å². The molecule has 19 heavy (non-hydrogen) atoms. The number of halogens is 1. The first-order chi connectivity index (χ1) is 8.18. The van der Waals surface area contributed by atoms with Gasteiger partial charge in [-0.25, -0.2) is 8.42 Å². The van der Waals surface area contributed by atoms with E-state index in [1.165, 1.54) is 6.26 Å². The van der Waals surface area contributed by atoms with Crippen molar-refractivity contribution in [2.24, 2.45) is 0 Å². The van der Waals surface area contributed by atoms with Crippen LogP contribution in [-0.4, -0.2) is 44.5 Å². The molecule has 5 nitrogen and oxygen atoms in total. The number of hydrogen-bond acceptors (Lipinski definition) is 4. The van der Waals surface area contributed by atoms with Crippen LogP contribution in [0.1, 0.15) is 39.5 Å². The number of nitrogens with one attached hydrogen (secondary N) is 2. The lowest BCUT2D eigenvalue weighted by Gasteiger charge is -2.26. The van der Waals surface area contributed by atoms with Gasteiger partial charge in [-0.2, -0.15) is 0 Å². The first-order valence-electron chi connectivity index (χ1n) is 6.40. The van der Waals surface area contributed by atoms with Gasteiger partial charge in [-0.1, -0.05) is 0 Å². The smallest absolute Gasteiger partial charge is 0.221 e. The van der Waals surface area contributed by atoms with Crippen LogP contribution in [0.2, 0.25) is 0 Å². The Bertz CT molecular complexity index is 390. The van der Waals surface area contributed by atoms with Gasteiger partial charge in [0.05, 0.1) is 5.75 Å². The first kappa shape index (κ1) is 18.7. The van der Waals surface area contributed by atoms with Crippen molar-refractivity contribution >= 4 is 28.2 Å². The van der Waals surface area contributed by atoms with Crippen molar-refractivity contribution in [2.75, 3.05) is 18.6 Å². The van der Waals surface area contributed by atoms with E-state index in [1.54, 1.807) is 0 Å². The summed E-state index contributed by atoms with van der Waals surface area (Å²) in [4.78, 5) is 11.8. The molecule has 1 atom stereocenters. The Morgan fingerprint density at radius 3 is 2.53 bits per heavy atom. The SMILES string of the molecule is CC(C)(CCS(C)(=O)=O)NC(=O)CC1CCCN1.Cl. The number of amides is 1. The highest BCUT2D eigenvalue weighted by Gasteiger charge is 2.24. The Kier molecular flexibility index (Phi) is 7.32. The molecule has 0 aromatic rings. The van der Waals surface area contributed by atoms with Crippen molar-refractivity contribution in [3.63, 3.8) is 0 Å². The second kappa shape index (κ2) is 7.45. The number of rotatable bonds is 6. The second-order valence-corrected chi connectivity index (χ2v) is 8.07. The van der Waals surface area contributed by atoms with Gasteiger partial charge in [-0.3, -0.25) is 4.79 Å². The van der Waals surface area contributed by atoms with E-state index in [9.17, 15) is 13.2 Å². The summed E-state index contributed by atoms with van der Waals surface area (Å²) in [5.74, 6) is 0.0926.